The molecule has 18 heavy (non-hydrogen) atoms. The molecule has 3 rings (SSSR count). The van der Waals surface area contributed by atoms with E-state index in [1.165, 1.54) is 5.56 Å². The van der Waals surface area contributed by atoms with Crippen LogP contribution in [-0.2, 0) is 6.42 Å². The molecule has 2 atom stereocenters. The van der Waals surface area contributed by atoms with Crippen molar-refractivity contribution in [1.82, 2.24) is 4.98 Å². The Hall–Kier alpha value is -1.39. The number of hydrogen-bond donors (Lipinski definition) is 1. The monoisotopic (exact) mass is 260 g/mol. The van der Waals surface area contributed by atoms with E-state index >= 15 is 0 Å². The van der Waals surface area contributed by atoms with Crippen LogP contribution in [-0.4, -0.2) is 17.6 Å². The fourth-order valence-corrected chi connectivity index (χ4v) is 3.05. The van der Waals surface area contributed by atoms with Crippen LogP contribution in [0, 0.1) is 6.92 Å². The van der Waals surface area contributed by atoms with Gasteiger partial charge in [-0.15, -0.1) is 11.3 Å². The van der Waals surface area contributed by atoms with Crippen LogP contribution in [0.1, 0.15) is 22.2 Å². The molecule has 1 aromatic heterocycles. The van der Waals surface area contributed by atoms with Gasteiger partial charge in [-0.25, -0.2) is 4.98 Å². The van der Waals surface area contributed by atoms with Gasteiger partial charge in [0.2, 0.25) is 0 Å². The van der Waals surface area contributed by atoms with E-state index in [2.05, 4.69) is 16.4 Å². The molecule has 2 heterocycles. The van der Waals surface area contributed by atoms with Crippen molar-refractivity contribution in [2.45, 2.75) is 25.3 Å². The summed E-state index contributed by atoms with van der Waals surface area (Å²) >= 11 is 1.68. The summed E-state index contributed by atoms with van der Waals surface area (Å²) < 4.78 is 5.68. The molecular formula is C14H16N2OS. The number of thiazole rings is 1. The molecule has 0 spiro atoms. The molecule has 0 radical (unpaired) electrons. The van der Waals surface area contributed by atoms with Crippen molar-refractivity contribution in [2.75, 3.05) is 6.61 Å². The van der Waals surface area contributed by atoms with E-state index in [4.69, 9.17) is 10.5 Å². The van der Waals surface area contributed by atoms with Crippen molar-refractivity contribution in [3.05, 3.63) is 45.9 Å². The molecule has 2 unspecified atom stereocenters. The Morgan fingerprint density at radius 2 is 2.33 bits per heavy atom. The minimum absolute atomic E-state index is 0.0650. The molecule has 0 saturated carbocycles. The third-order valence-corrected chi connectivity index (χ3v) is 4.19. The van der Waals surface area contributed by atoms with Crippen LogP contribution >= 0.6 is 11.3 Å². The maximum Gasteiger partial charge on any atom is 0.122 e. The lowest BCUT2D eigenvalue weighted by molar-refractivity contribution is 0.313. The first kappa shape index (κ1) is 11.7. The minimum atomic E-state index is 0.0650. The highest BCUT2D eigenvalue weighted by Crippen LogP contribution is 2.35. The Kier molecular flexibility index (Phi) is 3.06. The number of para-hydroxylation sites is 1. The summed E-state index contributed by atoms with van der Waals surface area (Å²) in [5.41, 5.74) is 8.65. The lowest BCUT2D eigenvalue weighted by Crippen LogP contribution is -2.31. The molecule has 1 aliphatic heterocycles. The fourth-order valence-electron chi connectivity index (χ4n) is 2.43. The van der Waals surface area contributed by atoms with Crippen LogP contribution in [0.3, 0.4) is 0 Å². The van der Waals surface area contributed by atoms with Crippen molar-refractivity contribution in [2.24, 2.45) is 5.73 Å². The maximum absolute atomic E-state index is 6.32. The van der Waals surface area contributed by atoms with Gasteiger partial charge in [-0.3, -0.25) is 0 Å². The average Bonchev–Trinajstić information content (AvgIpc) is 2.95. The predicted molar refractivity (Wildman–Crippen MR) is 73.2 cm³/mol. The Morgan fingerprint density at radius 3 is 3.11 bits per heavy atom. The Bertz CT molecular complexity index is 552. The number of nitrogens with two attached hydrogens (primary N) is 1. The molecule has 4 heteroatoms. The maximum atomic E-state index is 6.32. The minimum Gasteiger partial charge on any atom is -0.493 e. The predicted octanol–water partition coefficient (Wildman–Crippen LogP) is 2.50. The van der Waals surface area contributed by atoms with Gasteiger partial charge in [0.25, 0.3) is 0 Å². The molecular weight excluding hydrogens is 244 g/mol. The number of hydrogen-bond acceptors (Lipinski definition) is 4. The van der Waals surface area contributed by atoms with Gasteiger partial charge in [0.15, 0.2) is 0 Å². The topological polar surface area (TPSA) is 48.1 Å². The second kappa shape index (κ2) is 4.71. The summed E-state index contributed by atoms with van der Waals surface area (Å²) in [5.74, 6) is 1.26. The van der Waals surface area contributed by atoms with Crippen LogP contribution in [0.15, 0.2) is 29.6 Å². The number of aryl methyl sites for hydroxylation is 1. The molecule has 0 aliphatic carbocycles. The van der Waals surface area contributed by atoms with Gasteiger partial charge in [-0.05, 0) is 13.0 Å². The number of nitrogens with zero attached hydrogens (tertiary/aromatic N) is 1. The number of benzene rings is 1. The lowest BCUT2D eigenvalue weighted by Gasteiger charge is -2.17. The second-order valence-corrected chi connectivity index (χ2v) is 5.74. The molecule has 1 aliphatic rings. The number of aromatic nitrogens is 1. The lowest BCUT2D eigenvalue weighted by atomic mass is 9.91. The van der Waals surface area contributed by atoms with E-state index in [1.807, 2.05) is 25.1 Å². The molecule has 94 valence electrons. The van der Waals surface area contributed by atoms with Crippen LogP contribution < -0.4 is 10.5 Å². The van der Waals surface area contributed by atoms with Gasteiger partial charge >= 0.3 is 0 Å². The van der Waals surface area contributed by atoms with Crippen LogP contribution in [0.4, 0.5) is 0 Å². The zero-order valence-electron chi connectivity index (χ0n) is 10.3. The van der Waals surface area contributed by atoms with Crippen molar-refractivity contribution < 1.29 is 4.74 Å². The number of fused-ring (bicyclic) bond motifs is 1. The summed E-state index contributed by atoms with van der Waals surface area (Å²) in [6.45, 7) is 2.71. The normalized spacial score (nSPS) is 19.3. The van der Waals surface area contributed by atoms with E-state index in [-0.39, 0.29) is 12.0 Å². The van der Waals surface area contributed by atoms with Gasteiger partial charge in [0.05, 0.1) is 17.3 Å². The van der Waals surface area contributed by atoms with Crippen LogP contribution in [0.5, 0.6) is 5.75 Å². The van der Waals surface area contributed by atoms with E-state index in [9.17, 15) is 0 Å². The summed E-state index contributed by atoms with van der Waals surface area (Å²) in [6.07, 6.45) is 0.812. The first-order valence-electron chi connectivity index (χ1n) is 6.12. The van der Waals surface area contributed by atoms with Gasteiger partial charge < -0.3 is 10.5 Å². The molecule has 1 aromatic carbocycles. The second-order valence-electron chi connectivity index (χ2n) is 4.68. The van der Waals surface area contributed by atoms with Crippen molar-refractivity contribution in [3.8, 4) is 5.75 Å². The molecule has 3 nitrogen and oxygen atoms in total. The quantitative estimate of drug-likeness (QED) is 0.922. The molecule has 0 saturated heterocycles. The van der Waals surface area contributed by atoms with E-state index in [0.29, 0.717) is 6.61 Å². The van der Waals surface area contributed by atoms with Crippen LogP contribution in [0.2, 0.25) is 0 Å². The molecule has 0 bridgehead atoms. The SMILES string of the molecule is Cc1nc(CC(N)C2COc3ccccc32)cs1. The number of rotatable bonds is 3. The fraction of sp³-hybridized carbons (Fsp3) is 0.357. The zero-order valence-corrected chi connectivity index (χ0v) is 11.1. The van der Waals surface area contributed by atoms with E-state index in [1.54, 1.807) is 11.3 Å². The molecule has 0 fully saturated rings. The van der Waals surface area contributed by atoms with Crippen molar-refractivity contribution >= 4 is 11.3 Å². The third kappa shape index (κ3) is 2.13. The van der Waals surface area contributed by atoms with Gasteiger partial charge in [0.1, 0.15) is 5.75 Å². The first-order valence-corrected chi connectivity index (χ1v) is 7.00. The average molecular weight is 260 g/mol. The zero-order chi connectivity index (χ0) is 12.5. The Balaban J connectivity index is 1.76. The summed E-state index contributed by atoms with van der Waals surface area (Å²) in [7, 11) is 0. The van der Waals surface area contributed by atoms with Crippen LogP contribution in [0.25, 0.3) is 0 Å². The Labute approximate surface area is 111 Å². The largest absolute Gasteiger partial charge is 0.493 e. The summed E-state index contributed by atoms with van der Waals surface area (Å²) in [6, 6.07) is 8.22. The first-order chi connectivity index (χ1) is 8.74. The molecule has 2 aromatic rings. The highest BCUT2D eigenvalue weighted by molar-refractivity contribution is 7.09. The van der Waals surface area contributed by atoms with Crippen molar-refractivity contribution in [1.29, 1.82) is 0 Å². The molecule has 2 N–H and O–H groups in total. The van der Waals surface area contributed by atoms with E-state index in [0.717, 1.165) is 22.9 Å². The molecule has 0 amide bonds. The highest BCUT2D eigenvalue weighted by atomic mass is 32.1. The van der Waals surface area contributed by atoms with Crippen molar-refractivity contribution in [3.63, 3.8) is 0 Å². The number of ether oxygens (including phenoxy) is 1. The smallest absolute Gasteiger partial charge is 0.122 e. The summed E-state index contributed by atoms with van der Waals surface area (Å²) in [5, 5.41) is 3.19. The Morgan fingerprint density at radius 1 is 1.50 bits per heavy atom. The van der Waals surface area contributed by atoms with Gasteiger partial charge in [-0.2, -0.15) is 0 Å². The third-order valence-electron chi connectivity index (χ3n) is 3.37. The van der Waals surface area contributed by atoms with Gasteiger partial charge in [-0.1, -0.05) is 18.2 Å². The van der Waals surface area contributed by atoms with Gasteiger partial charge in [0, 0.05) is 29.3 Å². The van der Waals surface area contributed by atoms with E-state index < -0.39 is 0 Å². The highest BCUT2D eigenvalue weighted by Gasteiger charge is 2.29. The summed E-state index contributed by atoms with van der Waals surface area (Å²) in [4.78, 5) is 4.48. The standard InChI is InChI=1S/C14H16N2OS/c1-9-16-10(8-18-9)6-13(15)12-7-17-14-5-3-2-4-11(12)14/h2-5,8,12-13H,6-7,15H2,1H3.